The fourth-order valence-electron chi connectivity index (χ4n) is 4.19. The number of amides is 1. The molecule has 7 nitrogen and oxygen atoms in total. The average molecular weight is 457 g/mol. The maximum Gasteiger partial charge on any atom is 0.337 e. The second-order valence-electron chi connectivity index (χ2n) is 8.62. The first kappa shape index (κ1) is 23.2. The number of aryl methyl sites for hydroxylation is 3. The smallest absolute Gasteiger partial charge is 0.337 e. The van der Waals surface area contributed by atoms with E-state index in [4.69, 9.17) is 0 Å². The predicted octanol–water partition coefficient (Wildman–Crippen LogP) is 3.30. The Hall–Kier alpha value is -4.00. The van der Waals surface area contributed by atoms with Crippen LogP contribution in [-0.4, -0.2) is 26.1 Å². The highest BCUT2D eigenvalue weighted by atomic mass is 16.2. The van der Waals surface area contributed by atoms with Gasteiger partial charge in [-0.25, -0.2) is 18.9 Å². The molecule has 2 heterocycles. The molecule has 174 valence electrons. The lowest BCUT2D eigenvalue weighted by atomic mass is 10.1. The van der Waals surface area contributed by atoms with E-state index in [9.17, 15) is 14.4 Å². The van der Waals surface area contributed by atoms with Gasteiger partial charge >= 0.3 is 5.69 Å². The van der Waals surface area contributed by atoms with E-state index in [1.165, 1.54) is 10.1 Å². The number of pyridine rings is 1. The summed E-state index contributed by atoms with van der Waals surface area (Å²) in [6, 6.07) is 20.8. The lowest BCUT2D eigenvalue weighted by Gasteiger charge is -2.17. The predicted molar refractivity (Wildman–Crippen MR) is 133 cm³/mol. The molecule has 0 radical (unpaired) electrons. The first-order chi connectivity index (χ1) is 16.3. The molecule has 0 aliphatic rings. The molecule has 4 rings (SSSR count). The summed E-state index contributed by atoms with van der Waals surface area (Å²) in [5.74, 6) is -0.378. The molecule has 0 saturated heterocycles. The summed E-state index contributed by atoms with van der Waals surface area (Å²) >= 11 is 0. The minimum atomic E-state index is -0.590. The largest absolute Gasteiger partial charge is 0.352 e. The maximum atomic E-state index is 13.5. The van der Waals surface area contributed by atoms with Gasteiger partial charge in [0.05, 0.1) is 11.1 Å². The summed E-state index contributed by atoms with van der Waals surface area (Å²) in [6.07, 6.45) is 1.57. The molecule has 0 saturated carbocycles. The number of fused-ring (bicyclic) bond motifs is 1. The zero-order chi connectivity index (χ0) is 24.2. The van der Waals surface area contributed by atoms with Gasteiger partial charge in [-0.1, -0.05) is 48.5 Å². The summed E-state index contributed by atoms with van der Waals surface area (Å²) in [6.45, 7) is 5.20. The van der Waals surface area contributed by atoms with Gasteiger partial charge in [-0.15, -0.1) is 0 Å². The van der Waals surface area contributed by atoms with Crippen LogP contribution in [0.3, 0.4) is 0 Å². The normalized spacial score (nSPS) is 12.0. The van der Waals surface area contributed by atoms with Crippen LogP contribution in [0.2, 0.25) is 0 Å². The highest BCUT2D eigenvalue weighted by molar-refractivity contribution is 5.81. The summed E-state index contributed by atoms with van der Waals surface area (Å²) in [5, 5.41) is 3.25. The Balaban J connectivity index is 1.67. The number of aromatic nitrogens is 3. The van der Waals surface area contributed by atoms with Crippen molar-refractivity contribution in [3.63, 3.8) is 0 Å². The Morgan fingerprint density at radius 3 is 2.32 bits per heavy atom. The zero-order valence-corrected chi connectivity index (χ0v) is 19.6. The number of nitrogens with one attached hydrogen (secondary N) is 1. The van der Waals surface area contributed by atoms with Gasteiger partial charge in [0.1, 0.15) is 6.54 Å². The van der Waals surface area contributed by atoms with Crippen LogP contribution in [0.15, 0.2) is 76.3 Å². The van der Waals surface area contributed by atoms with Gasteiger partial charge in [0, 0.05) is 11.7 Å². The van der Waals surface area contributed by atoms with Gasteiger partial charge in [0.2, 0.25) is 5.91 Å². The SMILES string of the molecule is Cc1cc(C)c2c(=O)n(CC(=O)N[C@H](C)CCc3ccccc3)c(=O)n(-c3ccccc3)c2n1. The van der Waals surface area contributed by atoms with Gasteiger partial charge in [-0.05, 0) is 62.9 Å². The maximum absolute atomic E-state index is 13.5. The van der Waals surface area contributed by atoms with Crippen molar-refractivity contribution in [2.75, 3.05) is 0 Å². The highest BCUT2D eigenvalue weighted by Gasteiger charge is 2.20. The van der Waals surface area contributed by atoms with Crippen molar-refractivity contribution in [3.8, 4) is 5.69 Å². The molecule has 2 aromatic carbocycles. The Morgan fingerprint density at radius 1 is 1.00 bits per heavy atom. The van der Waals surface area contributed by atoms with Crippen LogP contribution >= 0.6 is 0 Å². The van der Waals surface area contributed by atoms with E-state index in [0.29, 0.717) is 28.0 Å². The third-order valence-corrected chi connectivity index (χ3v) is 5.85. The number of carbonyl (C=O) groups excluding carboxylic acids is 1. The van der Waals surface area contributed by atoms with Gasteiger partial charge < -0.3 is 5.32 Å². The second kappa shape index (κ2) is 9.87. The first-order valence-corrected chi connectivity index (χ1v) is 11.4. The number of para-hydroxylation sites is 1. The molecule has 1 amide bonds. The summed E-state index contributed by atoms with van der Waals surface area (Å²) < 4.78 is 2.40. The summed E-state index contributed by atoms with van der Waals surface area (Å²) in [5.41, 5.74) is 2.39. The average Bonchev–Trinajstić information content (AvgIpc) is 2.81. The quantitative estimate of drug-likeness (QED) is 0.462. The molecule has 34 heavy (non-hydrogen) atoms. The number of carbonyl (C=O) groups is 1. The van der Waals surface area contributed by atoms with E-state index < -0.39 is 11.2 Å². The fraction of sp³-hybridized carbons (Fsp3) is 0.259. The molecule has 0 aliphatic heterocycles. The van der Waals surface area contributed by atoms with Crippen LogP contribution in [0.25, 0.3) is 16.7 Å². The molecule has 2 aromatic heterocycles. The monoisotopic (exact) mass is 456 g/mol. The molecule has 1 N–H and O–H groups in total. The summed E-state index contributed by atoms with van der Waals surface area (Å²) in [7, 11) is 0. The molecule has 0 spiro atoms. The van der Waals surface area contributed by atoms with Crippen molar-refractivity contribution < 1.29 is 4.79 Å². The van der Waals surface area contributed by atoms with Crippen LogP contribution in [0, 0.1) is 13.8 Å². The first-order valence-electron chi connectivity index (χ1n) is 11.4. The van der Waals surface area contributed by atoms with Crippen molar-refractivity contribution in [2.45, 2.75) is 46.2 Å². The molecule has 1 atom stereocenters. The topological polar surface area (TPSA) is 86.0 Å². The third kappa shape index (κ3) is 4.83. The minimum absolute atomic E-state index is 0.105. The fourth-order valence-corrected chi connectivity index (χ4v) is 4.19. The van der Waals surface area contributed by atoms with Crippen LogP contribution in [0.1, 0.15) is 30.2 Å². The van der Waals surface area contributed by atoms with E-state index in [2.05, 4.69) is 10.3 Å². The van der Waals surface area contributed by atoms with E-state index in [1.807, 2.05) is 69.3 Å². The molecule has 0 fully saturated rings. The Morgan fingerprint density at radius 2 is 1.65 bits per heavy atom. The molecular weight excluding hydrogens is 428 g/mol. The van der Waals surface area contributed by atoms with Gasteiger partial charge in [0.25, 0.3) is 5.56 Å². The third-order valence-electron chi connectivity index (χ3n) is 5.85. The zero-order valence-electron chi connectivity index (χ0n) is 19.6. The number of benzene rings is 2. The van der Waals surface area contributed by atoms with Gasteiger partial charge in [0.15, 0.2) is 5.65 Å². The van der Waals surface area contributed by atoms with E-state index in [-0.39, 0.29) is 18.5 Å². The van der Waals surface area contributed by atoms with Crippen LogP contribution in [0.5, 0.6) is 0 Å². The highest BCUT2D eigenvalue weighted by Crippen LogP contribution is 2.16. The van der Waals surface area contributed by atoms with Crippen molar-refractivity contribution in [2.24, 2.45) is 0 Å². The molecule has 0 aliphatic carbocycles. The van der Waals surface area contributed by atoms with Crippen molar-refractivity contribution in [1.82, 2.24) is 19.4 Å². The van der Waals surface area contributed by atoms with Crippen LogP contribution < -0.4 is 16.6 Å². The standard InChI is InChI=1S/C27H28N4O3/c1-18-16-20(3)29-25-24(18)26(33)30(27(34)31(25)22-12-8-5-9-13-22)17-23(32)28-19(2)14-15-21-10-6-4-7-11-21/h4-13,16,19H,14-15,17H2,1-3H3,(H,28,32)/t19-/m1/s1. The van der Waals surface area contributed by atoms with E-state index in [0.717, 1.165) is 17.4 Å². The van der Waals surface area contributed by atoms with Crippen molar-refractivity contribution in [3.05, 3.63) is 104 Å². The van der Waals surface area contributed by atoms with E-state index >= 15 is 0 Å². The molecular formula is C27H28N4O3. The molecule has 0 bridgehead atoms. The lowest BCUT2D eigenvalue weighted by Crippen LogP contribution is -2.45. The number of hydrogen-bond acceptors (Lipinski definition) is 4. The molecule has 4 aromatic rings. The number of nitrogens with zero attached hydrogens (tertiary/aromatic N) is 3. The van der Waals surface area contributed by atoms with Crippen LogP contribution in [-0.2, 0) is 17.8 Å². The molecule has 0 unspecified atom stereocenters. The van der Waals surface area contributed by atoms with Crippen molar-refractivity contribution >= 4 is 16.9 Å². The van der Waals surface area contributed by atoms with Crippen LogP contribution in [0.4, 0.5) is 0 Å². The van der Waals surface area contributed by atoms with Crippen molar-refractivity contribution in [1.29, 1.82) is 0 Å². The Kier molecular flexibility index (Phi) is 6.72. The number of rotatable bonds is 7. The van der Waals surface area contributed by atoms with Gasteiger partial charge in [-0.3, -0.25) is 9.59 Å². The Bertz CT molecular complexity index is 1440. The minimum Gasteiger partial charge on any atom is -0.352 e. The number of hydrogen-bond donors (Lipinski definition) is 1. The Labute approximate surface area is 197 Å². The van der Waals surface area contributed by atoms with Gasteiger partial charge in [-0.2, -0.15) is 0 Å². The molecule has 7 heteroatoms. The summed E-state index contributed by atoms with van der Waals surface area (Å²) in [4.78, 5) is 44.1. The lowest BCUT2D eigenvalue weighted by molar-refractivity contribution is -0.122. The van der Waals surface area contributed by atoms with E-state index in [1.54, 1.807) is 18.2 Å². The second-order valence-corrected chi connectivity index (χ2v) is 8.62.